The molecular weight excluding hydrogens is 804 g/mol. The number of carbonyl (C=O) groups excluding carboxylic acids is 2. The molecule has 0 unspecified atom stereocenters. The molecule has 0 spiro atoms. The van der Waals surface area contributed by atoms with Crippen LogP contribution in [0.2, 0.25) is 0 Å². The van der Waals surface area contributed by atoms with Crippen LogP contribution in [0, 0.1) is 11.8 Å². The highest BCUT2D eigenvalue weighted by Crippen LogP contribution is 2.53. The van der Waals surface area contributed by atoms with Gasteiger partial charge in [-0.05, 0) is 61.1 Å². The number of halogens is 2. The normalized spacial score (nSPS) is 22.8. The van der Waals surface area contributed by atoms with E-state index >= 15 is 0 Å². The van der Waals surface area contributed by atoms with Crippen LogP contribution in [0.3, 0.4) is 0 Å². The summed E-state index contributed by atoms with van der Waals surface area (Å²) in [5.74, 6) is -0.488. The summed E-state index contributed by atoms with van der Waals surface area (Å²) in [6.07, 6.45) is 9.93. The summed E-state index contributed by atoms with van der Waals surface area (Å²) in [5, 5.41) is 0. The van der Waals surface area contributed by atoms with Crippen LogP contribution in [0.25, 0.3) is 11.1 Å². The van der Waals surface area contributed by atoms with Gasteiger partial charge in [0.05, 0.1) is 42.1 Å². The van der Waals surface area contributed by atoms with E-state index in [1.807, 2.05) is 0 Å². The first-order chi connectivity index (χ1) is 23.8. The fourth-order valence-electron chi connectivity index (χ4n) is 7.39. The number of allylic oxidation sites excluding steroid dienone is 2. The molecule has 0 saturated carbocycles. The monoisotopic (exact) mass is 844 g/mol. The summed E-state index contributed by atoms with van der Waals surface area (Å²) in [5.41, 5.74) is 2.03. The molecule has 8 nitrogen and oxygen atoms in total. The lowest BCUT2D eigenvalue weighted by Gasteiger charge is -2.23. The summed E-state index contributed by atoms with van der Waals surface area (Å²) in [6.45, 7) is 9.25. The Bertz CT molecular complexity index is 1980. The molecule has 2 atom stereocenters. The minimum Gasteiger partial charge on any atom is -0.307 e. The number of anilines is 2. The Morgan fingerprint density at radius 2 is 1.00 bits per heavy atom. The van der Waals surface area contributed by atoms with E-state index in [1.165, 1.54) is 0 Å². The molecule has 2 aromatic rings. The largest absolute Gasteiger partial charge is 0.307 e. The fraction of sp³-hybridized carbons (Fsp3) is 0.421. The predicted octanol–water partition coefficient (Wildman–Crippen LogP) is 9.08. The Balaban J connectivity index is 1.46. The van der Waals surface area contributed by atoms with Gasteiger partial charge in [-0.15, -0.1) is 0 Å². The lowest BCUT2D eigenvalue weighted by molar-refractivity contribution is -0.113. The van der Waals surface area contributed by atoms with Crippen molar-refractivity contribution < 1.29 is 26.4 Å². The van der Waals surface area contributed by atoms with E-state index in [1.54, 1.807) is 46.2 Å². The summed E-state index contributed by atoms with van der Waals surface area (Å²) in [4.78, 5) is 30.2. The number of fused-ring (bicyclic) bond motifs is 3. The van der Waals surface area contributed by atoms with Crippen molar-refractivity contribution in [3.05, 3.63) is 88.2 Å². The predicted molar refractivity (Wildman–Crippen MR) is 207 cm³/mol. The van der Waals surface area contributed by atoms with E-state index in [0.29, 0.717) is 35.6 Å². The lowest BCUT2D eigenvalue weighted by atomic mass is 9.98. The molecule has 2 amide bonds. The molecule has 4 heterocycles. The first-order valence-corrected chi connectivity index (χ1v) is 22.0. The Labute approximate surface area is 312 Å². The second kappa shape index (κ2) is 14.3. The highest BCUT2D eigenvalue weighted by atomic mass is 79.9. The average Bonchev–Trinajstić information content (AvgIpc) is 3.70. The average molecular weight is 847 g/mol. The van der Waals surface area contributed by atoms with Crippen LogP contribution in [-0.4, -0.2) is 41.7 Å². The van der Waals surface area contributed by atoms with Crippen molar-refractivity contribution in [2.24, 2.45) is 11.8 Å². The molecule has 6 rings (SSSR count). The fourth-order valence-corrected chi connectivity index (χ4v) is 12.0. The Morgan fingerprint density at radius 1 is 0.620 bits per heavy atom. The summed E-state index contributed by atoms with van der Waals surface area (Å²) >= 11 is 7.00. The van der Waals surface area contributed by atoms with Gasteiger partial charge in [0.25, 0.3) is 11.8 Å². The second-order valence-electron chi connectivity index (χ2n) is 13.5. The first kappa shape index (κ1) is 37.0. The van der Waals surface area contributed by atoms with Crippen LogP contribution in [0.1, 0.15) is 90.2 Å². The van der Waals surface area contributed by atoms with Crippen molar-refractivity contribution in [3.8, 4) is 0 Å². The van der Waals surface area contributed by atoms with Gasteiger partial charge in [-0.3, -0.25) is 9.59 Å². The first-order valence-electron chi connectivity index (χ1n) is 17.5. The highest BCUT2D eigenvalue weighted by Gasteiger charge is 2.51. The van der Waals surface area contributed by atoms with Gasteiger partial charge in [0.2, 0.25) is 19.7 Å². The molecule has 266 valence electrons. The minimum atomic E-state index is -4.44. The highest BCUT2D eigenvalue weighted by molar-refractivity contribution is 9.10. The summed E-state index contributed by atoms with van der Waals surface area (Å²) < 4.78 is 58.8. The zero-order chi connectivity index (χ0) is 36.1. The van der Waals surface area contributed by atoms with Gasteiger partial charge in [0.1, 0.15) is 0 Å². The Kier molecular flexibility index (Phi) is 10.6. The molecule has 0 aromatic heterocycles. The summed E-state index contributed by atoms with van der Waals surface area (Å²) in [6, 6.07) is 10.5. The van der Waals surface area contributed by atoms with Crippen LogP contribution < -0.4 is 9.80 Å². The van der Waals surface area contributed by atoms with Gasteiger partial charge in [0, 0.05) is 33.2 Å². The maximum Gasteiger partial charge on any atom is 0.260 e. The van der Waals surface area contributed by atoms with E-state index in [2.05, 4.69) is 59.6 Å². The molecule has 12 heteroatoms. The molecule has 0 radical (unpaired) electrons. The van der Waals surface area contributed by atoms with E-state index in [0.717, 1.165) is 72.5 Å². The van der Waals surface area contributed by atoms with Crippen molar-refractivity contribution in [2.45, 2.75) is 79.1 Å². The smallest absolute Gasteiger partial charge is 0.260 e. The molecule has 0 bridgehead atoms. The third-order valence-electron chi connectivity index (χ3n) is 10.3. The van der Waals surface area contributed by atoms with Crippen molar-refractivity contribution in [1.82, 2.24) is 0 Å². The van der Waals surface area contributed by atoms with Gasteiger partial charge in [-0.25, -0.2) is 16.8 Å². The molecular formula is C38H42Br2N2O6S2. The topological polar surface area (TPSA) is 109 Å². The SMILES string of the molecule is CCCC[C@@H](CC)CN1C(=O)/C(=C2\C=C3C(=C/C(=C4\C(=O)N(C[C@@H](CC)CCCC)c5cc(Br)ccc54)S3(=O)=O)S2(=O)=O)c2ccc(Br)cc21. The molecule has 4 aliphatic heterocycles. The molecule has 0 aliphatic carbocycles. The second-order valence-corrected chi connectivity index (χ2v) is 19.1. The van der Waals surface area contributed by atoms with Gasteiger partial charge < -0.3 is 9.80 Å². The van der Waals surface area contributed by atoms with Crippen LogP contribution in [0.15, 0.2) is 77.1 Å². The Hall–Kier alpha value is -2.80. The van der Waals surface area contributed by atoms with Gasteiger partial charge >= 0.3 is 0 Å². The third-order valence-corrected chi connectivity index (χ3v) is 15.1. The van der Waals surface area contributed by atoms with Crippen molar-refractivity contribution in [1.29, 1.82) is 0 Å². The number of rotatable bonds is 12. The van der Waals surface area contributed by atoms with Crippen molar-refractivity contribution in [3.63, 3.8) is 0 Å². The molecule has 0 saturated heterocycles. The standard InChI is InChI=1S/C38H42Br2N2O6S2/c1-5-9-11-23(7-3)21-41-29-17-25(39)13-15-27(29)35(37(41)43)33-19-31-32(49(33,45)46)20-34(50(31,47)48)36-28-16-14-26(40)18-30(28)42(38(36)44)22-24(8-4)12-10-6-2/h13-20,23-24H,5-12,21-22H2,1-4H3/b35-33+,36-34+/t23-,24+. The van der Waals surface area contributed by atoms with Gasteiger partial charge in [-0.2, -0.15) is 0 Å². The number of nitrogens with zero attached hydrogens (tertiary/aromatic N) is 2. The molecule has 50 heavy (non-hydrogen) atoms. The number of hydrogen-bond acceptors (Lipinski definition) is 6. The molecule has 4 aliphatic rings. The number of unbranched alkanes of at least 4 members (excludes halogenated alkanes) is 2. The van der Waals surface area contributed by atoms with E-state index in [-0.39, 0.29) is 32.8 Å². The zero-order valence-electron chi connectivity index (χ0n) is 28.8. The number of amides is 2. The van der Waals surface area contributed by atoms with Crippen LogP contribution in [-0.2, 0) is 29.3 Å². The maximum absolute atomic E-state index is 14.3. The number of carbonyl (C=O) groups is 2. The van der Waals surface area contributed by atoms with Gasteiger partial charge in [-0.1, -0.05) is 110 Å². The number of hydrogen-bond donors (Lipinski definition) is 0. The quantitative estimate of drug-likeness (QED) is 0.197. The van der Waals surface area contributed by atoms with E-state index < -0.39 is 41.3 Å². The van der Waals surface area contributed by atoms with Crippen molar-refractivity contribution >= 4 is 85.9 Å². The number of sulfone groups is 2. The Morgan fingerprint density at radius 3 is 1.34 bits per heavy atom. The van der Waals surface area contributed by atoms with Crippen molar-refractivity contribution in [2.75, 3.05) is 22.9 Å². The summed E-state index contributed by atoms with van der Waals surface area (Å²) in [7, 11) is -8.89. The van der Waals surface area contributed by atoms with Crippen LogP contribution in [0.5, 0.6) is 0 Å². The molecule has 0 fully saturated rings. The maximum atomic E-state index is 14.3. The van der Waals surface area contributed by atoms with Gasteiger partial charge in [0.15, 0.2) is 0 Å². The molecule has 2 aromatic carbocycles. The van der Waals surface area contributed by atoms with Crippen LogP contribution >= 0.6 is 31.9 Å². The number of benzene rings is 2. The van der Waals surface area contributed by atoms with E-state index in [4.69, 9.17) is 0 Å². The lowest BCUT2D eigenvalue weighted by Crippen LogP contribution is -2.32. The van der Waals surface area contributed by atoms with E-state index in [9.17, 15) is 26.4 Å². The minimum absolute atomic E-state index is 0.0268. The van der Waals surface area contributed by atoms with Crippen LogP contribution in [0.4, 0.5) is 11.4 Å². The third kappa shape index (κ3) is 6.21. The molecule has 0 N–H and O–H groups in total. The zero-order valence-corrected chi connectivity index (χ0v) is 33.6.